The van der Waals surface area contributed by atoms with Gasteiger partial charge in [-0.05, 0) is 48.9 Å². The lowest BCUT2D eigenvalue weighted by Gasteiger charge is -2.22. The number of carbonyl (C=O) groups is 1. The zero-order valence-electron chi connectivity index (χ0n) is 16.2. The van der Waals surface area contributed by atoms with E-state index in [1.165, 1.54) is 0 Å². The molecule has 0 aliphatic rings. The number of hydrogen-bond donors (Lipinski definition) is 1. The van der Waals surface area contributed by atoms with Gasteiger partial charge in [-0.1, -0.05) is 29.8 Å². The van der Waals surface area contributed by atoms with Gasteiger partial charge in [0.1, 0.15) is 11.5 Å². The van der Waals surface area contributed by atoms with Crippen LogP contribution in [0.2, 0.25) is 0 Å². The van der Waals surface area contributed by atoms with Gasteiger partial charge in [-0.25, -0.2) is 4.79 Å². The Morgan fingerprint density at radius 3 is 2.31 bits per heavy atom. The van der Waals surface area contributed by atoms with Crippen molar-refractivity contribution in [3.05, 3.63) is 83.8 Å². The number of benzene rings is 2. The van der Waals surface area contributed by atoms with Gasteiger partial charge in [0.2, 0.25) is 0 Å². The number of anilines is 1. The Hall–Kier alpha value is -3.26. The van der Waals surface area contributed by atoms with Crippen LogP contribution in [-0.4, -0.2) is 25.6 Å². The Balaban J connectivity index is 1.74. The predicted octanol–water partition coefficient (Wildman–Crippen LogP) is 4.16. The number of nitrogens with zero attached hydrogens (tertiary/aromatic N) is 1. The molecule has 0 aliphatic heterocycles. The average molecular weight is 414 g/mol. The van der Waals surface area contributed by atoms with Crippen LogP contribution in [0.4, 0.5) is 10.5 Å². The van der Waals surface area contributed by atoms with Crippen molar-refractivity contribution < 1.29 is 21.8 Å². The number of hydrogen-bond acceptors (Lipinski definition) is 5. The molecule has 2 amide bonds. The van der Waals surface area contributed by atoms with Gasteiger partial charge in [-0.3, -0.25) is 0 Å². The molecule has 2 aromatic carbocycles. The SMILES string of the molecule is Cc1ccc(NC(=O)N(Cc2ccc(OS(C)(=O)=O)cc2)Cc2ccco2)cc1. The number of nitrogens with one attached hydrogen (secondary N) is 1. The van der Waals surface area contributed by atoms with E-state index >= 15 is 0 Å². The summed E-state index contributed by atoms with van der Waals surface area (Å²) in [5.74, 6) is 0.874. The van der Waals surface area contributed by atoms with Gasteiger partial charge in [0.25, 0.3) is 0 Å². The first-order chi connectivity index (χ1) is 13.8. The summed E-state index contributed by atoms with van der Waals surface area (Å²) >= 11 is 0. The van der Waals surface area contributed by atoms with Crippen molar-refractivity contribution in [2.45, 2.75) is 20.0 Å². The lowest BCUT2D eigenvalue weighted by molar-refractivity contribution is 0.201. The summed E-state index contributed by atoms with van der Waals surface area (Å²) in [7, 11) is -3.59. The summed E-state index contributed by atoms with van der Waals surface area (Å²) in [5, 5.41) is 2.89. The summed E-state index contributed by atoms with van der Waals surface area (Å²) in [6.45, 7) is 2.57. The molecule has 7 nitrogen and oxygen atoms in total. The first-order valence-corrected chi connectivity index (χ1v) is 10.7. The van der Waals surface area contributed by atoms with Crippen LogP contribution in [0.25, 0.3) is 0 Å². The fraction of sp³-hybridized carbons (Fsp3) is 0.190. The number of rotatable bonds is 7. The summed E-state index contributed by atoms with van der Waals surface area (Å²) < 4.78 is 32.7. The van der Waals surface area contributed by atoms with E-state index < -0.39 is 10.1 Å². The van der Waals surface area contributed by atoms with Gasteiger partial charge in [0.05, 0.1) is 19.1 Å². The monoisotopic (exact) mass is 414 g/mol. The topological polar surface area (TPSA) is 88.9 Å². The molecule has 0 spiro atoms. The Morgan fingerprint density at radius 2 is 1.72 bits per heavy atom. The van der Waals surface area contributed by atoms with Crippen molar-refractivity contribution in [1.82, 2.24) is 4.90 Å². The molecule has 3 aromatic rings. The van der Waals surface area contributed by atoms with Gasteiger partial charge in [-0.15, -0.1) is 0 Å². The van der Waals surface area contributed by atoms with Crippen molar-refractivity contribution in [1.29, 1.82) is 0 Å². The molecule has 0 saturated heterocycles. The molecule has 29 heavy (non-hydrogen) atoms. The minimum atomic E-state index is -3.59. The van der Waals surface area contributed by atoms with Crippen molar-refractivity contribution in [2.24, 2.45) is 0 Å². The lowest BCUT2D eigenvalue weighted by Crippen LogP contribution is -2.34. The third kappa shape index (κ3) is 6.39. The number of furan rings is 1. The summed E-state index contributed by atoms with van der Waals surface area (Å²) in [6.07, 6.45) is 2.55. The molecule has 0 bridgehead atoms. The molecule has 0 unspecified atom stereocenters. The van der Waals surface area contributed by atoms with Crippen LogP contribution in [0, 0.1) is 6.92 Å². The quantitative estimate of drug-likeness (QED) is 0.587. The van der Waals surface area contributed by atoms with Crippen LogP contribution in [0.15, 0.2) is 71.3 Å². The molecule has 0 atom stereocenters. The Bertz CT molecular complexity index is 1040. The van der Waals surface area contributed by atoms with Gasteiger partial charge in [0.15, 0.2) is 0 Å². The van der Waals surface area contributed by atoms with Crippen molar-refractivity contribution in [2.75, 3.05) is 11.6 Å². The van der Waals surface area contributed by atoms with Gasteiger partial charge in [0, 0.05) is 12.2 Å². The number of urea groups is 1. The summed E-state index contributed by atoms with van der Waals surface area (Å²) in [4.78, 5) is 14.5. The third-order valence-electron chi connectivity index (χ3n) is 4.06. The second-order valence-electron chi connectivity index (χ2n) is 6.66. The van der Waals surface area contributed by atoms with Crippen molar-refractivity contribution >= 4 is 21.8 Å². The normalized spacial score (nSPS) is 11.1. The van der Waals surface area contributed by atoms with E-state index in [9.17, 15) is 13.2 Å². The molecule has 0 aliphatic carbocycles. The van der Waals surface area contributed by atoms with Gasteiger partial charge < -0.3 is 18.8 Å². The maximum atomic E-state index is 12.9. The molecule has 1 aromatic heterocycles. The fourth-order valence-electron chi connectivity index (χ4n) is 2.68. The Morgan fingerprint density at radius 1 is 1.03 bits per heavy atom. The standard InChI is InChI=1S/C21H22N2O5S/c1-16-5-9-18(10-6-16)22-21(24)23(15-20-4-3-13-27-20)14-17-7-11-19(12-8-17)28-29(2,25)26/h3-13H,14-15H2,1-2H3,(H,22,24). The van der Waals surface area contributed by atoms with Crippen molar-refractivity contribution in [3.63, 3.8) is 0 Å². The van der Waals surface area contributed by atoms with E-state index in [-0.39, 0.29) is 18.3 Å². The van der Waals surface area contributed by atoms with Crippen LogP contribution in [0.1, 0.15) is 16.9 Å². The minimum Gasteiger partial charge on any atom is -0.467 e. The van der Waals surface area contributed by atoms with Crippen LogP contribution < -0.4 is 9.50 Å². The fourth-order valence-corrected chi connectivity index (χ4v) is 3.14. The summed E-state index contributed by atoms with van der Waals surface area (Å²) in [5.41, 5.74) is 2.62. The van der Waals surface area contributed by atoms with Crippen molar-refractivity contribution in [3.8, 4) is 5.75 Å². The Kier molecular flexibility index (Phi) is 6.23. The molecule has 1 heterocycles. The maximum Gasteiger partial charge on any atom is 0.322 e. The third-order valence-corrected chi connectivity index (χ3v) is 4.56. The van der Waals surface area contributed by atoms with E-state index in [0.29, 0.717) is 18.0 Å². The van der Waals surface area contributed by atoms with Gasteiger partial charge in [-0.2, -0.15) is 8.42 Å². The largest absolute Gasteiger partial charge is 0.467 e. The average Bonchev–Trinajstić information content (AvgIpc) is 3.16. The first-order valence-electron chi connectivity index (χ1n) is 8.92. The molecule has 3 rings (SSSR count). The van der Waals surface area contributed by atoms with Crippen LogP contribution in [0.5, 0.6) is 5.75 Å². The highest BCUT2D eigenvalue weighted by Crippen LogP contribution is 2.18. The summed E-state index contributed by atoms with van der Waals surface area (Å²) in [6, 6.07) is 17.4. The lowest BCUT2D eigenvalue weighted by atomic mass is 10.2. The zero-order valence-corrected chi connectivity index (χ0v) is 17.0. The molecule has 152 valence electrons. The molecule has 1 N–H and O–H groups in total. The van der Waals surface area contributed by atoms with Crippen LogP contribution >= 0.6 is 0 Å². The number of aryl methyl sites for hydroxylation is 1. The van der Waals surface area contributed by atoms with E-state index in [2.05, 4.69) is 5.32 Å². The highest BCUT2D eigenvalue weighted by Gasteiger charge is 2.16. The minimum absolute atomic E-state index is 0.220. The molecule has 0 fully saturated rings. The number of amides is 2. The molecule has 8 heteroatoms. The predicted molar refractivity (Wildman–Crippen MR) is 110 cm³/mol. The zero-order chi connectivity index (χ0) is 20.9. The first kappa shape index (κ1) is 20.5. The molecular formula is C21H22N2O5S. The van der Waals surface area contributed by atoms with Crippen LogP contribution in [0.3, 0.4) is 0 Å². The smallest absolute Gasteiger partial charge is 0.322 e. The highest BCUT2D eigenvalue weighted by molar-refractivity contribution is 7.86. The highest BCUT2D eigenvalue weighted by atomic mass is 32.2. The molecule has 0 radical (unpaired) electrons. The number of carbonyl (C=O) groups excluding carboxylic acids is 1. The van der Waals surface area contributed by atoms with E-state index in [0.717, 1.165) is 17.4 Å². The molecular weight excluding hydrogens is 392 g/mol. The second-order valence-corrected chi connectivity index (χ2v) is 8.24. The van der Waals surface area contributed by atoms with E-state index in [4.69, 9.17) is 8.60 Å². The second kappa shape index (κ2) is 8.83. The molecule has 0 saturated carbocycles. The van der Waals surface area contributed by atoms with Crippen LogP contribution in [-0.2, 0) is 23.2 Å². The Labute approximate surface area is 170 Å². The van der Waals surface area contributed by atoms with E-state index in [1.807, 2.05) is 31.2 Å². The van der Waals surface area contributed by atoms with E-state index in [1.54, 1.807) is 47.6 Å². The maximum absolute atomic E-state index is 12.9. The van der Waals surface area contributed by atoms with Gasteiger partial charge >= 0.3 is 16.1 Å².